The molecule has 1 saturated heterocycles. The van der Waals surface area contributed by atoms with Gasteiger partial charge in [0.25, 0.3) is 11.6 Å². The van der Waals surface area contributed by atoms with Crippen LogP contribution in [0.2, 0.25) is 0 Å². The van der Waals surface area contributed by atoms with E-state index in [4.69, 9.17) is 0 Å². The van der Waals surface area contributed by atoms with Crippen molar-refractivity contribution >= 4 is 43.7 Å². The third kappa shape index (κ3) is 5.05. The molecule has 0 bridgehead atoms. The third-order valence-corrected chi connectivity index (χ3v) is 10.2. The van der Waals surface area contributed by atoms with Crippen LogP contribution in [0.5, 0.6) is 0 Å². The molecule has 0 spiro atoms. The van der Waals surface area contributed by atoms with Crippen LogP contribution in [0.25, 0.3) is 0 Å². The zero-order valence-electron chi connectivity index (χ0n) is 21.6. The Morgan fingerprint density at radius 3 is 2.23 bits per heavy atom. The summed E-state index contributed by atoms with van der Waals surface area (Å²) in [5.74, 6) is -1.70. The molecule has 2 heterocycles. The van der Waals surface area contributed by atoms with Gasteiger partial charge in [0.15, 0.2) is 5.13 Å². The van der Waals surface area contributed by atoms with Crippen molar-refractivity contribution in [1.82, 2.24) is 4.98 Å². The number of nitrogens with zero attached hydrogens (tertiary/aromatic N) is 3. The van der Waals surface area contributed by atoms with E-state index in [9.17, 15) is 28.1 Å². The van der Waals surface area contributed by atoms with Gasteiger partial charge in [-0.25, -0.2) is 13.4 Å². The van der Waals surface area contributed by atoms with E-state index < -0.39 is 38.4 Å². The van der Waals surface area contributed by atoms with Gasteiger partial charge < -0.3 is 0 Å². The summed E-state index contributed by atoms with van der Waals surface area (Å²) in [6.07, 6.45) is 1.48. The molecule has 204 valence electrons. The summed E-state index contributed by atoms with van der Waals surface area (Å²) in [4.78, 5) is 42.6. The molecule has 1 fully saturated rings. The lowest BCUT2D eigenvalue weighted by Crippen LogP contribution is -2.29. The first-order chi connectivity index (χ1) is 19.1. The number of hydrogen-bond donors (Lipinski definition) is 0. The molecule has 0 N–H and O–H groups in total. The zero-order chi connectivity index (χ0) is 28.6. The van der Waals surface area contributed by atoms with Crippen molar-refractivity contribution in [2.75, 3.05) is 4.90 Å². The Morgan fingerprint density at radius 2 is 1.62 bits per heavy atom. The second kappa shape index (κ2) is 10.7. The predicted molar refractivity (Wildman–Crippen MR) is 150 cm³/mol. The van der Waals surface area contributed by atoms with Crippen LogP contribution in [0, 0.1) is 16.0 Å². The first-order valence-corrected chi connectivity index (χ1v) is 14.8. The highest BCUT2D eigenvalue weighted by Gasteiger charge is 2.49. The summed E-state index contributed by atoms with van der Waals surface area (Å²) in [6.45, 7) is 4.15. The molecule has 0 radical (unpaired) electrons. The number of ketones is 1. The molecule has 1 aliphatic rings. The van der Waals surface area contributed by atoms with Crippen molar-refractivity contribution in [3.8, 4) is 0 Å². The number of carbonyl (C=O) groups is 2. The van der Waals surface area contributed by atoms with Gasteiger partial charge in [-0.3, -0.25) is 24.6 Å². The summed E-state index contributed by atoms with van der Waals surface area (Å²) in [7, 11) is -4.07. The molecule has 40 heavy (non-hydrogen) atoms. The van der Waals surface area contributed by atoms with E-state index in [0.717, 1.165) is 58.5 Å². The van der Waals surface area contributed by atoms with Gasteiger partial charge in [0.2, 0.25) is 15.6 Å². The minimum absolute atomic E-state index is 0.0901. The summed E-state index contributed by atoms with van der Waals surface area (Å²) in [5, 5.41) is 11.1. The summed E-state index contributed by atoms with van der Waals surface area (Å²) in [6, 6.07) is 21.0. The standard InChI is InChI=1S/C29H25N3O6S2/c1-18(2)20-8-10-21(11-9-20)26-24(16-19-6-4-3-5-7-19)27(33)28(34)31(26)29-30-17-25(39-29)40(37,38)23-14-12-22(13-15-23)32(35)36/h3-15,17-18,24,26H,16H2,1-2H3. The number of benzene rings is 3. The Morgan fingerprint density at radius 1 is 0.975 bits per heavy atom. The van der Waals surface area contributed by atoms with Crippen LogP contribution in [-0.2, 0) is 25.8 Å². The lowest BCUT2D eigenvalue weighted by molar-refractivity contribution is -0.384. The number of sulfone groups is 1. The molecule has 11 heteroatoms. The van der Waals surface area contributed by atoms with Gasteiger partial charge in [0.1, 0.15) is 4.21 Å². The van der Waals surface area contributed by atoms with Gasteiger partial charge in [-0.1, -0.05) is 79.8 Å². The van der Waals surface area contributed by atoms with Gasteiger partial charge in [-0.2, -0.15) is 0 Å². The summed E-state index contributed by atoms with van der Waals surface area (Å²) >= 11 is 0.783. The first-order valence-electron chi connectivity index (χ1n) is 12.5. The lowest BCUT2D eigenvalue weighted by atomic mass is 9.87. The van der Waals surface area contributed by atoms with E-state index in [1.54, 1.807) is 0 Å². The van der Waals surface area contributed by atoms with E-state index in [1.807, 2.05) is 54.6 Å². The minimum atomic E-state index is -4.07. The molecule has 1 amide bonds. The number of hydrogen-bond acceptors (Lipinski definition) is 8. The quantitative estimate of drug-likeness (QED) is 0.154. The molecule has 5 rings (SSSR count). The topological polar surface area (TPSA) is 128 Å². The molecule has 1 aliphatic heterocycles. The van der Waals surface area contributed by atoms with Crippen molar-refractivity contribution < 1.29 is 22.9 Å². The fourth-order valence-electron chi connectivity index (χ4n) is 4.81. The van der Waals surface area contributed by atoms with Gasteiger partial charge in [0.05, 0.1) is 28.0 Å². The molecule has 9 nitrogen and oxygen atoms in total. The number of nitro groups is 1. The first kappa shape index (κ1) is 27.4. The van der Waals surface area contributed by atoms with E-state index >= 15 is 0 Å². The summed E-state index contributed by atoms with van der Waals surface area (Å²) < 4.78 is 26.4. The van der Waals surface area contributed by atoms with Crippen LogP contribution in [0.15, 0.2) is 94.2 Å². The van der Waals surface area contributed by atoms with E-state index in [1.165, 1.54) is 4.90 Å². The highest BCUT2D eigenvalue weighted by Crippen LogP contribution is 2.43. The normalized spacial score (nSPS) is 17.5. The zero-order valence-corrected chi connectivity index (χ0v) is 23.3. The smallest absolute Gasteiger partial charge is 0.288 e. The highest BCUT2D eigenvalue weighted by atomic mass is 32.2. The fourth-order valence-corrected chi connectivity index (χ4v) is 7.37. The third-order valence-electron chi connectivity index (χ3n) is 6.97. The number of amides is 1. The highest BCUT2D eigenvalue weighted by molar-refractivity contribution is 7.93. The fraction of sp³-hybridized carbons (Fsp3) is 0.207. The average molecular weight is 576 g/mol. The van der Waals surface area contributed by atoms with E-state index in [2.05, 4.69) is 18.8 Å². The second-order valence-corrected chi connectivity index (χ2v) is 13.0. The monoisotopic (exact) mass is 575 g/mol. The lowest BCUT2D eigenvalue weighted by Gasteiger charge is -2.26. The van der Waals surface area contributed by atoms with Crippen molar-refractivity contribution in [3.63, 3.8) is 0 Å². The van der Waals surface area contributed by atoms with Crippen molar-refractivity contribution in [3.05, 3.63) is 112 Å². The van der Waals surface area contributed by atoms with Crippen LogP contribution in [0.1, 0.15) is 42.5 Å². The molecule has 0 aliphatic carbocycles. The predicted octanol–water partition coefficient (Wildman–Crippen LogP) is 5.52. The largest absolute Gasteiger partial charge is 0.297 e. The number of rotatable bonds is 8. The van der Waals surface area contributed by atoms with Crippen molar-refractivity contribution in [2.24, 2.45) is 5.92 Å². The van der Waals surface area contributed by atoms with Gasteiger partial charge in [-0.15, -0.1) is 0 Å². The van der Waals surface area contributed by atoms with Crippen LogP contribution >= 0.6 is 11.3 Å². The Kier molecular flexibility index (Phi) is 7.35. The van der Waals surface area contributed by atoms with Crippen LogP contribution in [-0.4, -0.2) is 30.0 Å². The number of aromatic nitrogens is 1. The number of thiazole rings is 1. The molecule has 0 saturated carbocycles. The number of nitro benzene ring substituents is 1. The molecule has 1 aromatic heterocycles. The Labute approximate surface area is 235 Å². The maximum Gasteiger partial charge on any atom is 0.297 e. The molecule has 4 aromatic rings. The average Bonchev–Trinajstić information content (AvgIpc) is 3.53. The Hall–Kier alpha value is -4.22. The van der Waals surface area contributed by atoms with Crippen LogP contribution in [0.3, 0.4) is 0 Å². The van der Waals surface area contributed by atoms with Crippen molar-refractivity contribution in [1.29, 1.82) is 0 Å². The number of Topliss-reactive ketones (excluding diaryl/α,β-unsaturated/α-hetero) is 1. The molecule has 3 aromatic carbocycles. The van der Waals surface area contributed by atoms with Gasteiger partial charge in [0, 0.05) is 12.1 Å². The van der Waals surface area contributed by atoms with Crippen LogP contribution in [0.4, 0.5) is 10.8 Å². The van der Waals surface area contributed by atoms with Crippen molar-refractivity contribution in [2.45, 2.75) is 41.3 Å². The van der Waals surface area contributed by atoms with E-state index in [-0.39, 0.29) is 19.9 Å². The van der Waals surface area contributed by atoms with Gasteiger partial charge in [-0.05, 0) is 41.2 Å². The SMILES string of the molecule is CC(C)c1ccc(C2C(Cc3ccccc3)C(=O)C(=O)N2c2ncc(S(=O)(=O)c3ccc([N+](=O)[O-])cc3)s2)cc1. The van der Waals surface area contributed by atoms with Crippen LogP contribution < -0.4 is 4.90 Å². The Bertz CT molecular complexity index is 1680. The molecule has 2 unspecified atom stereocenters. The molecular formula is C29H25N3O6S2. The van der Waals surface area contributed by atoms with E-state index in [0.29, 0.717) is 12.3 Å². The second-order valence-electron chi connectivity index (χ2n) is 9.82. The minimum Gasteiger partial charge on any atom is -0.288 e. The molecule has 2 atom stereocenters. The maximum absolute atomic E-state index is 13.4. The van der Waals surface area contributed by atoms with Gasteiger partial charge >= 0.3 is 0 Å². The number of non-ortho nitro benzene ring substituents is 1. The number of anilines is 1. The summed E-state index contributed by atoms with van der Waals surface area (Å²) in [5.41, 5.74) is 2.52. The molecular weight excluding hydrogens is 550 g/mol. The number of carbonyl (C=O) groups excluding carboxylic acids is 2. The maximum atomic E-state index is 13.4. The Balaban J connectivity index is 1.54.